The lowest BCUT2D eigenvalue weighted by molar-refractivity contribution is 0.179. The molecule has 0 saturated heterocycles. The largest absolute Gasteiger partial charge is 0.464 e. The summed E-state index contributed by atoms with van der Waals surface area (Å²) in [7, 11) is 0. The SMILES string of the molecule is CCCN1Cc2ncnc(Oc3ccc4c(ccn4C(=O)O)c3)c2CC1C. The Labute approximate surface area is 157 Å². The van der Waals surface area contributed by atoms with Crippen molar-refractivity contribution in [1.29, 1.82) is 0 Å². The first-order valence-corrected chi connectivity index (χ1v) is 9.16. The molecule has 1 aromatic carbocycles. The van der Waals surface area contributed by atoms with Crippen LogP contribution in [0.5, 0.6) is 11.6 Å². The minimum absolute atomic E-state index is 0.415. The van der Waals surface area contributed by atoms with E-state index >= 15 is 0 Å². The molecule has 1 unspecified atom stereocenters. The Hall–Kier alpha value is -2.93. The summed E-state index contributed by atoms with van der Waals surface area (Å²) in [6, 6.07) is 7.53. The molecule has 27 heavy (non-hydrogen) atoms. The smallest absolute Gasteiger partial charge is 0.415 e. The number of rotatable bonds is 4. The summed E-state index contributed by atoms with van der Waals surface area (Å²) in [5, 5.41) is 10.0. The second kappa shape index (κ2) is 7.00. The highest BCUT2D eigenvalue weighted by Gasteiger charge is 2.26. The van der Waals surface area contributed by atoms with E-state index in [9.17, 15) is 9.90 Å². The van der Waals surface area contributed by atoms with Gasteiger partial charge >= 0.3 is 6.09 Å². The van der Waals surface area contributed by atoms with Crippen LogP contribution in [0.1, 0.15) is 31.5 Å². The zero-order chi connectivity index (χ0) is 19.0. The molecular formula is C20H22N4O3. The lowest BCUT2D eigenvalue weighted by atomic mass is 9.99. The average Bonchev–Trinajstić information content (AvgIpc) is 3.07. The molecule has 1 N–H and O–H groups in total. The summed E-state index contributed by atoms with van der Waals surface area (Å²) in [5.41, 5.74) is 2.70. The number of hydrogen-bond acceptors (Lipinski definition) is 5. The van der Waals surface area contributed by atoms with E-state index in [1.807, 2.05) is 6.07 Å². The molecule has 0 bridgehead atoms. The van der Waals surface area contributed by atoms with Gasteiger partial charge < -0.3 is 9.84 Å². The highest BCUT2D eigenvalue weighted by molar-refractivity contribution is 5.89. The Balaban J connectivity index is 1.63. The van der Waals surface area contributed by atoms with Crippen molar-refractivity contribution in [2.45, 2.75) is 39.3 Å². The summed E-state index contributed by atoms with van der Waals surface area (Å²) < 4.78 is 7.26. The number of ether oxygens (including phenoxy) is 1. The van der Waals surface area contributed by atoms with Gasteiger partial charge in [0.15, 0.2) is 0 Å². The number of benzene rings is 1. The Kier molecular flexibility index (Phi) is 4.53. The highest BCUT2D eigenvalue weighted by atomic mass is 16.5. The molecule has 7 nitrogen and oxygen atoms in total. The van der Waals surface area contributed by atoms with Gasteiger partial charge in [0, 0.05) is 29.7 Å². The van der Waals surface area contributed by atoms with Crippen molar-refractivity contribution in [2.24, 2.45) is 0 Å². The van der Waals surface area contributed by atoms with Crippen LogP contribution in [0, 0.1) is 0 Å². The molecule has 1 aliphatic heterocycles. The summed E-state index contributed by atoms with van der Waals surface area (Å²) >= 11 is 0. The lowest BCUT2D eigenvalue weighted by Gasteiger charge is -2.34. The molecule has 7 heteroatoms. The molecule has 0 amide bonds. The first-order chi connectivity index (χ1) is 13.1. The van der Waals surface area contributed by atoms with Crippen molar-refractivity contribution in [1.82, 2.24) is 19.4 Å². The van der Waals surface area contributed by atoms with Crippen molar-refractivity contribution in [3.63, 3.8) is 0 Å². The van der Waals surface area contributed by atoms with E-state index in [1.54, 1.807) is 24.5 Å². The van der Waals surface area contributed by atoms with Crippen LogP contribution in [0.2, 0.25) is 0 Å². The van der Waals surface area contributed by atoms with E-state index in [-0.39, 0.29) is 0 Å². The molecule has 0 spiro atoms. The van der Waals surface area contributed by atoms with Gasteiger partial charge in [0.25, 0.3) is 0 Å². The van der Waals surface area contributed by atoms with Crippen LogP contribution in [-0.4, -0.2) is 43.2 Å². The van der Waals surface area contributed by atoms with E-state index in [4.69, 9.17) is 4.74 Å². The Bertz CT molecular complexity index is 998. The van der Waals surface area contributed by atoms with Crippen molar-refractivity contribution in [2.75, 3.05) is 6.54 Å². The van der Waals surface area contributed by atoms with Crippen LogP contribution in [-0.2, 0) is 13.0 Å². The van der Waals surface area contributed by atoms with Gasteiger partial charge in [0.05, 0.1) is 11.2 Å². The van der Waals surface area contributed by atoms with Crippen LogP contribution in [0.25, 0.3) is 10.9 Å². The van der Waals surface area contributed by atoms with Gasteiger partial charge in [-0.05, 0) is 50.6 Å². The van der Waals surface area contributed by atoms with Crippen LogP contribution >= 0.6 is 0 Å². The highest BCUT2D eigenvalue weighted by Crippen LogP contribution is 2.32. The molecule has 0 saturated carbocycles. The van der Waals surface area contributed by atoms with E-state index < -0.39 is 6.09 Å². The molecule has 3 heterocycles. The molecule has 2 aromatic heterocycles. The molecule has 0 radical (unpaired) electrons. The molecule has 1 atom stereocenters. The zero-order valence-electron chi connectivity index (χ0n) is 15.4. The summed E-state index contributed by atoms with van der Waals surface area (Å²) in [4.78, 5) is 22.5. The quantitative estimate of drug-likeness (QED) is 0.754. The fourth-order valence-electron chi connectivity index (χ4n) is 3.68. The molecule has 140 valence electrons. The van der Waals surface area contributed by atoms with Crippen molar-refractivity contribution in [3.05, 3.63) is 48.0 Å². The minimum Gasteiger partial charge on any atom is -0.464 e. The maximum atomic E-state index is 11.2. The second-order valence-electron chi connectivity index (χ2n) is 6.92. The molecule has 3 aromatic rings. The zero-order valence-corrected chi connectivity index (χ0v) is 15.4. The molecule has 1 aliphatic rings. The average molecular weight is 366 g/mol. The van der Waals surface area contributed by atoms with Crippen molar-refractivity contribution in [3.8, 4) is 11.6 Å². The van der Waals surface area contributed by atoms with Gasteiger partial charge in [-0.1, -0.05) is 6.92 Å². The minimum atomic E-state index is -1.01. The molecular weight excluding hydrogens is 344 g/mol. The van der Waals surface area contributed by atoms with Gasteiger partial charge in [0.1, 0.15) is 12.1 Å². The van der Waals surface area contributed by atoms with E-state index in [2.05, 4.69) is 28.7 Å². The predicted octanol–water partition coefficient (Wildman–Crippen LogP) is 3.91. The van der Waals surface area contributed by atoms with Crippen LogP contribution in [0.4, 0.5) is 4.79 Å². The van der Waals surface area contributed by atoms with Crippen molar-refractivity contribution >= 4 is 17.0 Å². The van der Waals surface area contributed by atoms with Gasteiger partial charge in [-0.15, -0.1) is 0 Å². The fourth-order valence-corrected chi connectivity index (χ4v) is 3.68. The Morgan fingerprint density at radius 3 is 2.96 bits per heavy atom. The summed E-state index contributed by atoms with van der Waals surface area (Å²) in [6.07, 6.45) is 4.04. The number of hydrogen-bond donors (Lipinski definition) is 1. The topological polar surface area (TPSA) is 80.5 Å². The van der Waals surface area contributed by atoms with Gasteiger partial charge in [-0.25, -0.2) is 14.8 Å². The number of carbonyl (C=O) groups is 1. The molecule has 0 aliphatic carbocycles. The molecule has 0 fully saturated rings. The number of nitrogens with zero attached hydrogens (tertiary/aromatic N) is 4. The van der Waals surface area contributed by atoms with E-state index in [0.717, 1.165) is 42.6 Å². The summed E-state index contributed by atoms with van der Waals surface area (Å²) in [6.45, 7) is 6.27. The third-order valence-corrected chi connectivity index (χ3v) is 5.06. The molecule has 4 rings (SSSR count). The first-order valence-electron chi connectivity index (χ1n) is 9.16. The van der Waals surface area contributed by atoms with Crippen LogP contribution in [0.3, 0.4) is 0 Å². The second-order valence-corrected chi connectivity index (χ2v) is 6.92. The van der Waals surface area contributed by atoms with E-state index in [0.29, 0.717) is 23.2 Å². The Morgan fingerprint density at radius 2 is 2.19 bits per heavy atom. The predicted molar refractivity (Wildman–Crippen MR) is 101 cm³/mol. The van der Waals surface area contributed by atoms with Crippen LogP contribution < -0.4 is 4.74 Å². The van der Waals surface area contributed by atoms with E-state index in [1.165, 1.54) is 10.8 Å². The monoisotopic (exact) mass is 366 g/mol. The number of aromatic nitrogens is 3. The van der Waals surface area contributed by atoms with Gasteiger partial charge in [-0.3, -0.25) is 9.47 Å². The number of fused-ring (bicyclic) bond motifs is 2. The summed E-state index contributed by atoms with van der Waals surface area (Å²) in [5.74, 6) is 1.22. The maximum absolute atomic E-state index is 11.2. The number of carboxylic acid groups (broad SMARTS) is 1. The Morgan fingerprint density at radius 1 is 1.33 bits per heavy atom. The lowest BCUT2D eigenvalue weighted by Crippen LogP contribution is -2.39. The van der Waals surface area contributed by atoms with Crippen LogP contribution in [0.15, 0.2) is 36.8 Å². The standard InChI is InChI=1S/C20H22N4O3/c1-3-7-23-11-17-16(9-13(23)2)19(22-12-21-17)27-15-4-5-18-14(10-15)6-8-24(18)20(25)26/h4-6,8,10,12-13H,3,7,9,11H2,1-2H3,(H,25,26). The fraction of sp³-hybridized carbons (Fsp3) is 0.350. The third-order valence-electron chi connectivity index (χ3n) is 5.06. The maximum Gasteiger partial charge on any atom is 0.415 e. The first kappa shape index (κ1) is 17.5. The van der Waals surface area contributed by atoms with Gasteiger partial charge in [0.2, 0.25) is 5.88 Å². The van der Waals surface area contributed by atoms with Crippen molar-refractivity contribution < 1.29 is 14.6 Å². The normalized spacial score (nSPS) is 17.0. The third kappa shape index (κ3) is 3.26. The van der Waals surface area contributed by atoms with Gasteiger partial charge in [-0.2, -0.15) is 0 Å².